The SMILES string of the molecule is COC(=O)c1ncn(Cc2cccnc2OC)n1. The number of nitrogens with zero attached hydrogens (tertiary/aromatic N) is 4. The number of rotatable bonds is 4. The number of esters is 1. The minimum Gasteiger partial charge on any atom is -0.481 e. The molecule has 18 heavy (non-hydrogen) atoms. The second-order valence-corrected chi connectivity index (χ2v) is 3.43. The van der Waals surface area contributed by atoms with E-state index in [9.17, 15) is 4.79 Å². The molecule has 7 nitrogen and oxygen atoms in total. The molecule has 0 bridgehead atoms. The van der Waals surface area contributed by atoms with Crippen LogP contribution in [0.15, 0.2) is 24.7 Å². The molecule has 0 atom stereocenters. The van der Waals surface area contributed by atoms with Crippen LogP contribution in [0.1, 0.15) is 16.2 Å². The zero-order valence-electron chi connectivity index (χ0n) is 10.0. The molecular formula is C11H12N4O3. The summed E-state index contributed by atoms with van der Waals surface area (Å²) >= 11 is 0. The first-order valence-electron chi connectivity index (χ1n) is 5.20. The van der Waals surface area contributed by atoms with E-state index in [1.165, 1.54) is 18.1 Å². The van der Waals surface area contributed by atoms with E-state index in [2.05, 4.69) is 19.8 Å². The minimum absolute atomic E-state index is 0.0281. The zero-order valence-corrected chi connectivity index (χ0v) is 10.0. The largest absolute Gasteiger partial charge is 0.481 e. The van der Waals surface area contributed by atoms with E-state index in [4.69, 9.17) is 4.74 Å². The normalized spacial score (nSPS) is 10.1. The molecule has 0 N–H and O–H groups in total. The topological polar surface area (TPSA) is 79.1 Å². The average Bonchev–Trinajstić information content (AvgIpc) is 2.87. The quantitative estimate of drug-likeness (QED) is 0.734. The first-order chi connectivity index (χ1) is 8.74. The minimum atomic E-state index is -0.563. The molecular weight excluding hydrogens is 236 g/mol. The lowest BCUT2D eigenvalue weighted by Gasteiger charge is -2.05. The van der Waals surface area contributed by atoms with Gasteiger partial charge in [-0.2, -0.15) is 0 Å². The third kappa shape index (κ3) is 2.45. The van der Waals surface area contributed by atoms with E-state index in [-0.39, 0.29) is 5.82 Å². The first-order valence-corrected chi connectivity index (χ1v) is 5.20. The molecule has 0 spiro atoms. The van der Waals surface area contributed by atoms with E-state index >= 15 is 0 Å². The summed E-state index contributed by atoms with van der Waals surface area (Å²) in [5.74, 6) is -0.0140. The van der Waals surface area contributed by atoms with E-state index in [0.29, 0.717) is 12.4 Å². The molecule has 0 radical (unpaired) electrons. The van der Waals surface area contributed by atoms with Gasteiger partial charge in [-0.3, -0.25) is 0 Å². The van der Waals surface area contributed by atoms with Crippen LogP contribution in [0.2, 0.25) is 0 Å². The number of carbonyl (C=O) groups is 1. The Bertz CT molecular complexity index is 553. The van der Waals surface area contributed by atoms with Gasteiger partial charge in [-0.25, -0.2) is 19.4 Å². The molecule has 7 heteroatoms. The fraction of sp³-hybridized carbons (Fsp3) is 0.273. The highest BCUT2D eigenvalue weighted by atomic mass is 16.5. The van der Waals surface area contributed by atoms with Gasteiger partial charge in [0.05, 0.1) is 20.8 Å². The van der Waals surface area contributed by atoms with Gasteiger partial charge in [0.1, 0.15) is 6.33 Å². The highest BCUT2D eigenvalue weighted by molar-refractivity contribution is 5.84. The number of pyridine rings is 1. The third-order valence-corrected chi connectivity index (χ3v) is 2.28. The highest BCUT2D eigenvalue weighted by Gasteiger charge is 2.12. The van der Waals surface area contributed by atoms with Crippen LogP contribution in [0.3, 0.4) is 0 Å². The van der Waals surface area contributed by atoms with Crippen molar-refractivity contribution in [1.29, 1.82) is 0 Å². The second-order valence-electron chi connectivity index (χ2n) is 3.43. The Hall–Kier alpha value is -2.44. The van der Waals surface area contributed by atoms with Crippen LogP contribution in [-0.2, 0) is 11.3 Å². The Labute approximate surface area is 103 Å². The summed E-state index contributed by atoms with van der Waals surface area (Å²) in [6.45, 7) is 0.418. The van der Waals surface area contributed by atoms with E-state index < -0.39 is 5.97 Å². The lowest BCUT2D eigenvalue weighted by Crippen LogP contribution is -2.07. The number of carbonyl (C=O) groups excluding carboxylic acids is 1. The summed E-state index contributed by atoms with van der Waals surface area (Å²) in [7, 11) is 2.83. The van der Waals surface area contributed by atoms with Gasteiger partial charge >= 0.3 is 5.97 Å². The average molecular weight is 248 g/mol. The lowest BCUT2D eigenvalue weighted by molar-refractivity contribution is 0.0586. The summed E-state index contributed by atoms with van der Waals surface area (Å²) in [5, 5.41) is 4.00. The summed E-state index contributed by atoms with van der Waals surface area (Å²) in [6, 6.07) is 3.67. The van der Waals surface area contributed by atoms with Crippen molar-refractivity contribution in [2.45, 2.75) is 6.54 Å². The molecule has 0 saturated carbocycles. The molecule has 0 aliphatic heterocycles. The van der Waals surface area contributed by atoms with Crippen molar-refractivity contribution < 1.29 is 14.3 Å². The molecule has 2 heterocycles. The van der Waals surface area contributed by atoms with E-state index in [0.717, 1.165) is 5.56 Å². The number of aromatic nitrogens is 4. The maximum Gasteiger partial charge on any atom is 0.377 e. The third-order valence-electron chi connectivity index (χ3n) is 2.28. The molecule has 2 rings (SSSR count). The Balaban J connectivity index is 2.19. The first kappa shape index (κ1) is 12.0. The van der Waals surface area contributed by atoms with Crippen LogP contribution in [0.4, 0.5) is 0 Å². The van der Waals surface area contributed by atoms with Gasteiger partial charge in [0.15, 0.2) is 0 Å². The van der Waals surface area contributed by atoms with Gasteiger partial charge in [-0.15, -0.1) is 5.10 Å². The number of hydrogen-bond donors (Lipinski definition) is 0. The predicted molar refractivity (Wildman–Crippen MR) is 61.3 cm³/mol. The summed E-state index contributed by atoms with van der Waals surface area (Å²) in [4.78, 5) is 19.1. The Morgan fingerprint density at radius 3 is 2.94 bits per heavy atom. The molecule has 0 aliphatic carbocycles. The van der Waals surface area contributed by atoms with Gasteiger partial charge in [0.25, 0.3) is 5.82 Å². The van der Waals surface area contributed by atoms with Gasteiger partial charge in [0, 0.05) is 11.8 Å². The van der Waals surface area contributed by atoms with Gasteiger partial charge in [-0.05, 0) is 6.07 Å². The van der Waals surface area contributed by atoms with Crippen molar-refractivity contribution in [3.05, 3.63) is 36.0 Å². The van der Waals surface area contributed by atoms with Crippen LogP contribution in [-0.4, -0.2) is 39.9 Å². The molecule has 0 aliphatic rings. The molecule has 0 unspecified atom stereocenters. The molecule has 2 aromatic rings. The highest BCUT2D eigenvalue weighted by Crippen LogP contribution is 2.14. The van der Waals surface area contributed by atoms with Crippen LogP contribution < -0.4 is 4.74 Å². The van der Waals surface area contributed by atoms with Crippen molar-refractivity contribution in [2.75, 3.05) is 14.2 Å². The molecule has 2 aromatic heterocycles. The number of ether oxygens (including phenoxy) is 2. The molecule has 0 amide bonds. The smallest absolute Gasteiger partial charge is 0.377 e. The van der Waals surface area contributed by atoms with Crippen molar-refractivity contribution in [2.24, 2.45) is 0 Å². The van der Waals surface area contributed by atoms with Crippen LogP contribution in [0, 0.1) is 0 Å². The molecule has 94 valence electrons. The van der Waals surface area contributed by atoms with Gasteiger partial charge in [-0.1, -0.05) is 6.07 Å². The monoisotopic (exact) mass is 248 g/mol. The molecule has 0 fully saturated rings. The van der Waals surface area contributed by atoms with Gasteiger partial charge in [0.2, 0.25) is 5.88 Å². The lowest BCUT2D eigenvalue weighted by atomic mass is 10.3. The zero-order chi connectivity index (χ0) is 13.0. The Morgan fingerprint density at radius 2 is 2.22 bits per heavy atom. The van der Waals surface area contributed by atoms with Crippen molar-refractivity contribution in [3.63, 3.8) is 0 Å². The van der Waals surface area contributed by atoms with Gasteiger partial charge < -0.3 is 9.47 Å². The Morgan fingerprint density at radius 1 is 1.39 bits per heavy atom. The van der Waals surface area contributed by atoms with E-state index in [1.807, 2.05) is 6.07 Å². The predicted octanol–water partition coefficient (Wildman–Crippen LogP) is 0.517. The van der Waals surface area contributed by atoms with Crippen molar-refractivity contribution >= 4 is 5.97 Å². The molecule has 0 saturated heterocycles. The summed E-state index contributed by atoms with van der Waals surface area (Å²) < 4.78 is 11.2. The standard InChI is InChI=1S/C11H12N4O3/c1-17-10-8(4-3-5-12-10)6-15-7-13-9(14-15)11(16)18-2/h3-5,7H,6H2,1-2H3. The van der Waals surface area contributed by atoms with Crippen molar-refractivity contribution in [1.82, 2.24) is 19.7 Å². The fourth-order valence-corrected chi connectivity index (χ4v) is 1.46. The summed E-state index contributed by atoms with van der Waals surface area (Å²) in [5.41, 5.74) is 0.848. The number of methoxy groups -OCH3 is 2. The van der Waals surface area contributed by atoms with Crippen LogP contribution >= 0.6 is 0 Å². The van der Waals surface area contributed by atoms with Crippen LogP contribution in [0.5, 0.6) is 5.88 Å². The molecule has 0 aromatic carbocycles. The second kappa shape index (κ2) is 5.26. The summed E-state index contributed by atoms with van der Waals surface area (Å²) in [6.07, 6.45) is 3.10. The van der Waals surface area contributed by atoms with Crippen LogP contribution in [0.25, 0.3) is 0 Å². The Kier molecular flexibility index (Phi) is 3.52. The maximum atomic E-state index is 11.2. The maximum absolute atomic E-state index is 11.2. The fourth-order valence-electron chi connectivity index (χ4n) is 1.46. The van der Waals surface area contributed by atoms with E-state index in [1.54, 1.807) is 19.4 Å². The number of hydrogen-bond acceptors (Lipinski definition) is 6. The van der Waals surface area contributed by atoms with Crippen molar-refractivity contribution in [3.8, 4) is 5.88 Å².